The summed E-state index contributed by atoms with van der Waals surface area (Å²) in [5, 5.41) is 11.6. The molecule has 3 heterocycles. The van der Waals surface area contributed by atoms with Crippen LogP contribution in [0.5, 0.6) is 5.75 Å². The molecule has 7 nitrogen and oxygen atoms in total. The summed E-state index contributed by atoms with van der Waals surface area (Å²) in [6.07, 6.45) is 2.53. The van der Waals surface area contributed by atoms with Crippen LogP contribution in [0, 0.1) is 5.92 Å². The van der Waals surface area contributed by atoms with Crippen molar-refractivity contribution in [2.45, 2.75) is 31.7 Å². The molecule has 2 unspecified atom stereocenters. The van der Waals surface area contributed by atoms with Crippen molar-refractivity contribution < 1.29 is 19.4 Å². The fourth-order valence-electron chi connectivity index (χ4n) is 4.40. The Morgan fingerprint density at radius 3 is 2.87 bits per heavy atom. The van der Waals surface area contributed by atoms with E-state index in [1.165, 1.54) is 0 Å². The Morgan fingerprint density at radius 2 is 2.10 bits per heavy atom. The normalized spacial score (nSPS) is 22.1. The van der Waals surface area contributed by atoms with Crippen molar-refractivity contribution >= 4 is 23.1 Å². The molecule has 2 aromatic rings. The zero-order valence-corrected chi connectivity index (χ0v) is 17.9. The Labute approximate surface area is 181 Å². The third-order valence-electron chi connectivity index (χ3n) is 6.00. The highest BCUT2D eigenvalue weighted by molar-refractivity contribution is 7.07. The van der Waals surface area contributed by atoms with E-state index in [0.717, 1.165) is 62.7 Å². The van der Waals surface area contributed by atoms with E-state index in [4.69, 9.17) is 9.47 Å². The number of benzene rings is 1. The molecule has 162 valence electrons. The first-order valence-corrected chi connectivity index (χ1v) is 11.6. The molecule has 2 saturated heterocycles. The molecule has 30 heavy (non-hydrogen) atoms. The van der Waals surface area contributed by atoms with Gasteiger partial charge in [0.1, 0.15) is 5.75 Å². The van der Waals surface area contributed by atoms with E-state index in [1.54, 1.807) is 21.7 Å². The van der Waals surface area contributed by atoms with Crippen LogP contribution in [0.15, 0.2) is 35.2 Å². The summed E-state index contributed by atoms with van der Waals surface area (Å²) in [6, 6.07) is 8.18. The number of hydrogen-bond acceptors (Lipinski definition) is 6. The van der Waals surface area contributed by atoms with Gasteiger partial charge in [0.05, 0.1) is 36.7 Å². The molecular formula is C22H29N3O4S. The predicted octanol–water partition coefficient (Wildman–Crippen LogP) is 3.75. The lowest BCUT2D eigenvalue weighted by Crippen LogP contribution is -2.46. The van der Waals surface area contributed by atoms with Crippen LogP contribution in [0.2, 0.25) is 0 Å². The molecule has 8 heteroatoms. The minimum absolute atomic E-state index is 0.0102. The second kappa shape index (κ2) is 10.1. The molecule has 0 aliphatic carbocycles. The maximum absolute atomic E-state index is 11.7. The number of hydrogen-bond donors (Lipinski definition) is 1. The summed E-state index contributed by atoms with van der Waals surface area (Å²) >= 11 is 1.55. The van der Waals surface area contributed by atoms with Gasteiger partial charge >= 0.3 is 6.09 Å². The van der Waals surface area contributed by atoms with Gasteiger partial charge in [0.2, 0.25) is 0 Å². The van der Waals surface area contributed by atoms with Crippen molar-refractivity contribution in [2.24, 2.45) is 5.92 Å². The van der Waals surface area contributed by atoms with Gasteiger partial charge in [0.25, 0.3) is 0 Å². The molecule has 2 atom stereocenters. The van der Waals surface area contributed by atoms with E-state index in [9.17, 15) is 9.90 Å². The van der Waals surface area contributed by atoms with Gasteiger partial charge in [-0.1, -0.05) is 12.1 Å². The maximum Gasteiger partial charge on any atom is 0.407 e. The smallest absolute Gasteiger partial charge is 0.407 e. The number of carbonyl (C=O) groups is 1. The molecular weight excluding hydrogens is 402 g/mol. The minimum Gasteiger partial charge on any atom is -0.491 e. The second-order valence-corrected chi connectivity index (χ2v) is 8.63. The summed E-state index contributed by atoms with van der Waals surface area (Å²) in [6.45, 7) is 4.48. The molecule has 2 fully saturated rings. The first kappa shape index (κ1) is 20.9. The zero-order valence-electron chi connectivity index (χ0n) is 17.1. The molecule has 1 amide bonds. The number of amides is 1. The van der Waals surface area contributed by atoms with Gasteiger partial charge in [-0.05, 0) is 37.3 Å². The second-order valence-electron chi connectivity index (χ2n) is 7.91. The number of morpholine rings is 1. The minimum atomic E-state index is -0.829. The van der Waals surface area contributed by atoms with E-state index in [1.807, 2.05) is 23.6 Å². The van der Waals surface area contributed by atoms with Crippen LogP contribution in [0.1, 0.15) is 25.0 Å². The number of para-hydroxylation sites is 2. The van der Waals surface area contributed by atoms with Crippen LogP contribution >= 0.6 is 11.3 Å². The summed E-state index contributed by atoms with van der Waals surface area (Å²) in [5.74, 6) is 1.38. The van der Waals surface area contributed by atoms with Gasteiger partial charge in [-0.15, -0.1) is 11.3 Å². The number of anilines is 1. The third-order valence-corrected chi connectivity index (χ3v) is 6.63. The Morgan fingerprint density at radius 1 is 1.27 bits per heavy atom. The lowest BCUT2D eigenvalue weighted by molar-refractivity contribution is 0.0839. The van der Waals surface area contributed by atoms with E-state index >= 15 is 0 Å². The summed E-state index contributed by atoms with van der Waals surface area (Å²) in [5.41, 5.74) is 3.91. The molecule has 4 rings (SSSR count). The summed E-state index contributed by atoms with van der Waals surface area (Å²) in [4.78, 5) is 19.9. The van der Waals surface area contributed by atoms with Gasteiger partial charge in [-0.2, -0.15) is 0 Å². The Bertz CT molecular complexity index is 810. The standard InChI is InChI=1S/C22H29N3O4S/c26-22(27)25-7-5-17(13-19(25)14-18-15-30-16-23-18)6-10-29-21-4-2-1-3-20(21)24-8-11-28-12-9-24/h1-4,15-17,19H,5-14H2,(H,26,27). The van der Waals surface area contributed by atoms with Crippen molar-refractivity contribution in [3.05, 3.63) is 40.8 Å². The molecule has 2 aliphatic heterocycles. The van der Waals surface area contributed by atoms with Crippen molar-refractivity contribution in [1.29, 1.82) is 0 Å². The van der Waals surface area contributed by atoms with Crippen molar-refractivity contribution in [2.75, 3.05) is 44.4 Å². The van der Waals surface area contributed by atoms with E-state index < -0.39 is 6.09 Å². The summed E-state index contributed by atoms with van der Waals surface area (Å²) < 4.78 is 11.6. The molecule has 0 radical (unpaired) electrons. The first-order valence-electron chi connectivity index (χ1n) is 10.6. The number of likely N-dealkylation sites (tertiary alicyclic amines) is 1. The first-order chi connectivity index (χ1) is 14.7. The highest BCUT2D eigenvalue weighted by Crippen LogP contribution is 2.31. The lowest BCUT2D eigenvalue weighted by Gasteiger charge is -2.37. The van der Waals surface area contributed by atoms with Gasteiger partial charge in [-0.3, -0.25) is 0 Å². The maximum atomic E-state index is 11.7. The third kappa shape index (κ3) is 5.23. The number of nitrogens with zero attached hydrogens (tertiary/aromatic N) is 3. The van der Waals surface area contributed by atoms with Crippen molar-refractivity contribution in [1.82, 2.24) is 9.88 Å². The van der Waals surface area contributed by atoms with Crippen LogP contribution in [0.3, 0.4) is 0 Å². The number of piperidine rings is 1. The molecule has 0 saturated carbocycles. The number of rotatable bonds is 7. The van der Waals surface area contributed by atoms with Gasteiger partial charge in [0, 0.05) is 37.5 Å². The fraction of sp³-hybridized carbons (Fsp3) is 0.545. The van der Waals surface area contributed by atoms with E-state index in [2.05, 4.69) is 16.0 Å². The van der Waals surface area contributed by atoms with Gasteiger partial charge < -0.3 is 24.4 Å². The molecule has 1 N–H and O–H groups in total. The van der Waals surface area contributed by atoms with Gasteiger partial charge in [0.15, 0.2) is 0 Å². The molecule has 0 spiro atoms. The fourth-order valence-corrected chi connectivity index (χ4v) is 4.97. The monoisotopic (exact) mass is 431 g/mol. The number of aromatic nitrogens is 1. The zero-order chi connectivity index (χ0) is 20.8. The largest absolute Gasteiger partial charge is 0.491 e. The van der Waals surface area contributed by atoms with Crippen LogP contribution in [0.25, 0.3) is 0 Å². The molecule has 0 bridgehead atoms. The van der Waals surface area contributed by atoms with Crippen LogP contribution in [0.4, 0.5) is 10.5 Å². The SMILES string of the molecule is O=C(O)N1CCC(CCOc2ccccc2N2CCOCC2)CC1Cc1cscn1. The Kier molecular flexibility index (Phi) is 7.07. The average molecular weight is 432 g/mol. The van der Waals surface area contributed by atoms with Gasteiger partial charge in [-0.25, -0.2) is 9.78 Å². The van der Waals surface area contributed by atoms with E-state index in [-0.39, 0.29) is 6.04 Å². The predicted molar refractivity (Wildman–Crippen MR) is 117 cm³/mol. The molecule has 2 aliphatic rings. The average Bonchev–Trinajstić information content (AvgIpc) is 3.28. The highest BCUT2D eigenvalue weighted by atomic mass is 32.1. The Hall–Kier alpha value is -2.32. The van der Waals surface area contributed by atoms with Crippen molar-refractivity contribution in [3.63, 3.8) is 0 Å². The molecule has 1 aromatic carbocycles. The number of ether oxygens (including phenoxy) is 2. The topological polar surface area (TPSA) is 75.1 Å². The lowest BCUT2D eigenvalue weighted by atomic mass is 9.87. The highest BCUT2D eigenvalue weighted by Gasteiger charge is 2.32. The van der Waals surface area contributed by atoms with Crippen LogP contribution < -0.4 is 9.64 Å². The van der Waals surface area contributed by atoms with E-state index in [0.29, 0.717) is 25.5 Å². The number of thiazole rings is 1. The van der Waals surface area contributed by atoms with Crippen LogP contribution in [-0.2, 0) is 11.2 Å². The Balaban J connectivity index is 1.32. The molecule has 1 aromatic heterocycles. The van der Waals surface area contributed by atoms with Crippen molar-refractivity contribution in [3.8, 4) is 5.75 Å². The number of carboxylic acid groups (broad SMARTS) is 1. The summed E-state index contributed by atoms with van der Waals surface area (Å²) in [7, 11) is 0. The quantitative estimate of drug-likeness (QED) is 0.720. The van der Waals surface area contributed by atoms with Crippen LogP contribution in [-0.4, -0.2) is 66.6 Å².